The van der Waals surface area contributed by atoms with Gasteiger partial charge >= 0.3 is 0 Å². The van der Waals surface area contributed by atoms with Gasteiger partial charge in [-0.25, -0.2) is 0 Å². The third kappa shape index (κ3) is 4.28. The summed E-state index contributed by atoms with van der Waals surface area (Å²) >= 11 is 1.82. The van der Waals surface area contributed by atoms with Gasteiger partial charge in [-0.3, -0.25) is 11.3 Å². The number of hydrogen-bond donors (Lipinski definition) is 2. The largest absolute Gasteiger partial charge is 0.271 e. The van der Waals surface area contributed by atoms with E-state index in [0.717, 1.165) is 18.6 Å². The summed E-state index contributed by atoms with van der Waals surface area (Å²) in [5.74, 6) is 9.07. The van der Waals surface area contributed by atoms with Crippen molar-refractivity contribution in [3.8, 4) is 12.3 Å². The minimum atomic E-state index is 0.278. The van der Waals surface area contributed by atoms with E-state index in [9.17, 15) is 0 Å². The van der Waals surface area contributed by atoms with Crippen LogP contribution < -0.4 is 11.3 Å². The molecule has 1 rings (SSSR count). The van der Waals surface area contributed by atoms with Gasteiger partial charge in [-0.15, -0.1) is 24.1 Å². The molecule has 16 heavy (non-hydrogen) atoms. The predicted octanol–water partition coefficient (Wildman–Crippen LogP) is 2.33. The first kappa shape index (κ1) is 13.1. The van der Waals surface area contributed by atoms with Crippen LogP contribution in [0.1, 0.15) is 18.4 Å². The zero-order valence-corrected chi connectivity index (χ0v) is 10.4. The zero-order chi connectivity index (χ0) is 11.8. The van der Waals surface area contributed by atoms with Crippen molar-refractivity contribution in [2.24, 2.45) is 5.84 Å². The summed E-state index contributed by atoms with van der Waals surface area (Å²) in [6.45, 7) is 2.12. The molecule has 0 aromatic heterocycles. The lowest BCUT2D eigenvalue weighted by atomic mass is 10.2. The van der Waals surface area contributed by atoms with E-state index in [1.165, 1.54) is 10.5 Å². The molecule has 0 amide bonds. The van der Waals surface area contributed by atoms with E-state index in [1.54, 1.807) is 0 Å². The molecule has 0 radical (unpaired) electrons. The van der Waals surface area contributed by atoms with Gasteiger partial charge in [0.05, 0.1) is 0 Å². The number of terminal acetylenes is 1. The maximum atomic E-state index is 5.48. The summed E-state index contributed by atoms with van der Waals surface area (Å²) in [6.07, 6.45) is 6.93. The fraction of sp³-hybridized carbons (Fsp3) is 0.385. The molecule has 0 spiro atoms. The standard InChI is InChI=1S/C13H18N2S/c1-3-4-8-12(15-14)10-16-13-9-6-5-7-11(13)2/h1,5-7,9,12,15H,4,8,10,14H2,2H3. The molecule has 3 heteroatoms. The Morgan fingerprint density at radius 2 is 2.25 bits per heavy atom. The van der Waals surface area contributed by atoms with Crippen molar-refractivity contribution in [3.63, 3.8) is 0 Å². The van der Waals surface area contributed by atoms with Crippen molar-refractivity contribution in [3.05, 3.63) is 29.8 Å². The van der Waals surface area contributed by atoms with Crippen molar-refractivity contribution < 1.29 is 0 Å². The van der Waals surface area contributed by atoms with Gasteiger partial charge < -0.3 is 0 Å². The summed E-state index contributed by atoms with van der Waals surface area (Å²) < 4.78 is 0. The Hall–Kier alpha value is -0.950. The van der Waals surface area contributed by atoms with Crippen LogP contribution in [0.15, 0.2) is 29.2 Å². The van der Waals surface area contributed by atoms with Crippen LogP contribution in [0, 0.1) is 19.3 Å². The maximum absolute atomic E-state index is 5.48. The normalized spacial score (nSPS) is 12.1. The third-order valence-corrected chi connectivity index (χ3v) is 3.74. The summed E-state index contributed by atoms with van der Waals surface area (Å²) in [4.78, 5) is 1.31. The van der Waals surface area contributed by atoms with Gasteiger partial charge in [0, 0.05) is 23.1 Å². The van der Waals surface area contributed by atoms with E-state index in [0.29, 0.717) is 0 Å². The van der Waals surface area contributed by atoms with E-state index in [4.69, 9.17) is 12.3 Å². The Morgan fingerprint density at radius 3 is 2.88 bits per heavy atom. The summed E-state index contributed by atoms with van der Waals surface area (Å²) in [5, 5.41) is 0. The van der Waals surface area contributed by atoms with Gasteiger partial charge in [-0.1, -0.05) is 18.2 Å². The van der Waals surface area contributed by atoms with Crippen LogP contribution in [0.2, 0.25) is 0 Å². The first-order valence-corrected chi connectivity index (χ1v) is 6.34. The molecule has 86 valence electrons. The van der Waals surface area contributed by atoms with Crippen LogP contribution in [0.5, 0.6) is 0 Å². The summed E-state index contributed by atoms with van der Waals surface area (Å²) in [7, 11) is 0. The van der Waals surface area contributed by atoms with E-state index >= 15 is 0 Å². The predicted molar refractivity (Wildman–Crippen MR) is 71.1 cm³/mol. The van der Waals surface area contributed by atoms with Gasteiger partial charge in [-0.2, -0.15) is 0 Å². The van der Waals surface area contributed by atoms with E-state index < -0.39 is 0 Å². The van der Waals surface area contributed by atoms with Gasteiger partial charge in [0.25, 0.3) is 0 Å². The lowest BCUT2D eigenvalue weighted by molar-refractivity contribution is 0.547. The smallest absolute Gasteiger partial charge is 0.0313 e. The first-order valence-electron chi connectivity index (χ1n) is 5.36. The molecular formula is C13H18N2S. The number of rotatable bonds is 6. The fourth-order valence-corrected chi connectivity index (χ4v) is 2.50. The Balaban J connectivity index is 2.44. The highest BCUT2D eigenvalue weighted by molar-refractivity contribution is 7.99. The first-order chi connectivity index (χ1) is 7.77. The lowest BCUT2D eigenvalue weighted by Gasteiger charge is -2.14. The monoisotopic (exact) mass is 234 g/mol. The molecule has 3 N–H and O–H groups in total. The molecule has 0 bridgehead atoms. The Morgan fingerprint density at radius 1 is 1.50 bits per heavy atom. The van der Waals surface area contributed by atoms with Crippen LogP contribution in [-0.4, -0.2) is 11.8 Å². The molecule has 0 fully saturated rings. The molecular weight excluding hydrogens is 216 g/mol. The lowest BCUT2D eigenvalue weighted by Crippen LogP contribution is -2.36. The molecule has 1 atom stereocenters. The average molecular weight is 234 g/mol. The number of hydrazine groups is 1. The quantitative estimate of drug-likeness (QED) is 0.343. The highest BCUT2D eigenvalue weighted by Crippen LogP contribution is 2.23. The van der Waals surface area contributed by atoms with Crippen molar-refractivity contribution in [2.75, 3.05) is 5.75 Å². The molecule has 0 heterocycles. The number of benzene rings is 1. The maximum Gasteiger partial charge on any atom is 0.0313 e. The molecule has 0 aliphatic heterocycles. The molecule has 0 saturated carbocycles. The van der Waals surface area contributed by atoms with Gasteiger partial charge in [0.15, 0.2) is 0 Å². The van der Waals surface area contributed by atoms with E-state index in [2.05, 4.69) is 42.5 Å². The second-order valence-electron chi connectivity index (χ2n) is 3.68. The molecule has 1 aromatic rings. The van der Waals surface area contributed by atoms with E-state index in [1.807, 2.05) is 11.8 Å². The summed E-state index contributed by atoms with van der Waals surface area (Å²) in [5.41, 5.74) is 4.12. The second kappa shape index (κ2) is 7.34. The number of nitrogens with two attached hydrogens (primary N) is 1. The fourth-order valence-electron chi connectivity index (χ4n) is 1.38. The summed E-state index contributed by atoms with van der Waals surface area (Å²) in [6, 6.07) is 8.64. The van der Waals surface area contributed by atoms with Crippen LogP contribution in [0.4, 0.5) is 0 Å². The van der Waals surface area contributed by atoms with Crippen molar-refractivity contribution in [1.82, 2.24) is 5.43 Å². The van der Waals surface area contributed by atoms with Crippen molar-refractivity contribution in [2.45, 2.75) is 30.7 Å². The number of nitrogens with one attached hydrogen (secondary N) is 1. The molecule has 1 unspecified atom stereocenters. The highest BCUT2D eigenvalue weighted by atomic mass is 32.2. The zero-order valence-electron chi connectivity index (χ0n) is 9.57. The Labute approximate surface area is 102 Å². The Bertz CT molecular complexity index is 357. The molecule has 2 nitrogen and oxygen atoms in total. The highest BCUT2D eigenvalue weighted by Gasteiger charge is 2.07. The number of thioether (sulfide) groups is 1. The van der Waals surface area contributed by atoms with Crippen LogP contribution in [-0.2, 0) is 0 Å². The number of aryl methyl sites for hydroxylation is 1. The van der Waals surface area contributed by atoms with Gasteiger partial charge in [0.1, 0.15) is 0 Å². The molecule has 0 saturated heterocycles. The van der Waals surface area contributed by atoms with Gasteiger partial charge in [-0.05, 0) is 25.0 Å². The van der Waals surface area contributed by atoms with Gasteiger partial charge in [0.2, 0.25) is 0 Å². The number of hydrogen-bond acceptors (Lipinski definition) is 3. The minimum absolute atomic E-state index is 0.278. The molecule has 0 aliphatic carbocycles. The average Bonchev–Trinajstić information content (AvgIpc) is 2.31. The van der Waals surface area contributed by atoms with Crippen molar-refractivity contribution >= 4 is 11.8 Å². The topological polar surface area (TPSA) is 38.0 Å². The third-order valence-electron chi connectivity index (χ3n) is 2.41. The Kier molecular flexibility index (Phi) is 6.02. The van der Waals surface area contributed by atoms with E-state index in [-0.39, 0.29) is 6.04 Å². The minimum Gasteiger partial charge on any atom is -0.271 e. The SMILES string of the molecule is C#CCCC(CSc1ccccc1C)NN. The molecule has 1 aromatic carbocycles. The molecule has 0 aliphatic rings. The van der Waals surface area contributed by atoms with Crippen LogP contribution in [0.3, 0.4) is 0 Å². The second-order valence-corrected chi connectivity index (χ2v) is 4.74. The van der Waals surface area contributed by atoms with Crippen LogP contribution in [0.25, 0.3) is 0 Å². The van der Waals surface area contributed by atoms with Crippen molar-refractivity contribution in [1.29, 1.82) is 0 Å². The van der Waals surface area contributed by atoms with Crippen LogP contribution >= 0.6 is 11.8 Å².